The van der Waals surface area contributed by atoms with Crippen LogP contribution >= 0.6 is 0 Å². The Balaban J connectivity index is 1.66. The predicted octanol–water partition coefficient (Wildman–Crippen LogP) is 5.69. The Morgan fingerprint density at radius 3 is 2.54 bits per heavy atom. The first kappa shape index (κ1) is 18.3. The van der Waals surface area contributed by atoms with Crippen LogP contribution in [0.5, 0.6) is 5.75 Å². The molecule has 0 fully saturated rings. The van der Waals surface area contributed by atoms with Crippen molar-refractivity contribution in [1.82, 2.24) is 0 Å². The number of hydrogen-bond donors (Lipinski definition) is 1. The summed E-state index contributed by atoms with van der Waals surface area (Å²) in [5.41, 5.74) is 5.77. The van der Waals surface area contributed by atoms with Crippen LogP contribution in [0.4, 0.5) is 0 Å². The van der Waals surface area contributed by atoms with E-state index in [4.69, 9.17) is 9.84 Å². The van der Waals surface area contributed by atoms with E-state index in [-0.39, 0.29) is 5.60 Å². The summed E-state index contributed by atoms with van der Waals surface area (Å²) in [5.74, 6) is 0.00981. The van der Waals surface area contributed by atoms with E-state index < -0.39 is 5.97 Å². The molecule has 0 bridgehead atoms. The van der Waals surface area contributed by atoms with Gasteiger partial charge in [0.05, 0.1) is 5.56 Å². The van der Waals surface area contributed by atoms with Crippen molar-refractivity contribution in [3.8, 4) is 16.9 Å². The molecule has 3 heteroatoms. The number of benzene rings is 3. The third-order valence-corrected chi connectivity index (χ3v) is 5.47. The van der Waals surface area contributed by atoms with Crippen molar-refractivity contribution in [3.05, 3.63) is 89.0 Å². The highest BCUT2D eigenvalue weighted by atomic mass is 16.5. The van der Waals surface area contributed by atoms with Crippen LogP contribution in [0.3, 0.4) is 0 Å². The summed E-state index contributed by atoms with van der Waals surface area (Å²) in [6.45, 7) is 4.30. The fraction of sp³-hybridized carbons (Fsp3) is 0.240. The monoisotopic (exact) mass is 372 g/mol. The molecule has 4 rings (SSSR count). The molecule has 0 radical (unpaired) electrons. The molecular weight excluding hydrogens is 348 g/mol. The van der Waals surface area contributed by atoms with Crippen LogP contribution in [0.15, 0.2) is 66.7 Å². The Hall–Kier alpha value is -3.07. The SMILES string of the molecule is Cc1cccc(C[C@]2(C)CCc3cccc(-c4ccc(C(=O)O)cc4)c3O2)c1. The van der Waals surface area contributed by atoms with Crippen molar-refractivity contribution in [2.75, 3.05) is 0 Å². The van der Waals surface area contributed by atoms with Gasteiger partial charge in [-0.05, 0) is 55.5 Å². The number of ether oxygens (including phenoxy) is 1. The third kappa shape index (κ3) is 3.65. The second-order valence-corrected chi connectivity index (χ2v) is 7.89. The zero-order valence-corrected chi connectivity index (χ0v) is 16.2. The Kier molecular flexibility index (Phi) is 4.68. The van der Waals surface area contributed by atoms with Crippen molar-refractivity contribution >= 4 is 5.97 Å². The quantitative estimate of drug-likeness (QED) is 0.640. The molecule has 1 N–H and O–H groups in total. The molecule has 1 aliphatic heterocycles. The van der Waals surface area contributed by atoms with Crippen molar-refractivity contribution in [2.45, 2.75) is 38.7 Å². The van der Waals surface area contributed by atoms with E-state index in [0.717, 1.165) is 36.1 Å². The molecule has 1 heterocycles. The van der Waals surface area contributed by atoms with Crippen LogP contribution in [0.1, 0.15) is 40.4 Å². The molecule has 3 nitrogen and oxygen atoms in total. The lowest BCUT2D eigenvalue weighted by Crippen LogP contribution is -2.38. The summed E-state index contributed by atoms with van der Waals surface area (Å²) < 4.78 is 6.61. The number of carboxylic acids is 1. The first-order chi connectivity index (χ1) is 13.4. The second-order valence-electron chi connectivity index (χ2n) is 7.89. The topological polar surface area (TPSA) is 46.5 Å². The predicted molar refractivity (Wildman–Crippen MR) is 111 cm³/mol. The highest BCUT2D eigenvalue weighted by Crippen LogP contribution is 2.41. The summed E-state index contributed by atoms with van der Waals surface area (Å²) in [7, 11) is 0. The van der Waals surface area contributed by atoms with Gasteiger partial charge in [0.25, 0.3) is 0 Å². The van der Waals surface area contributed by atoms with Crippen molar-refractivity contribution in [1.29, 1.82) is 0 Å². The minimum atomic E-state index is -0.913. The number of hydrogen-bond acceptors (Lipinski definition) is 2. The molecule has 142 valence electrons. The van der Waals surface area contributed by atoms with Gasteiger partial charge in [0.15, 0.2) is 0 Å². The molecule has 0 aliphatic carbocycles. The zero-order valence-electron chi connectivity index (χ0n) is 16.2. The highest BCUT2D eigenvalue weighted by molar-refractivity contribution is 5.88. The van der Waals surface area contributed by atoms with E-state index in [1.807, 2.05) is 24.3 Å². The normalized spacial score (nSPS) is 18.2. The number of para-hydroxylation sites is 1. The van der Waals surface area contributed by atoms with Crippen LogP contribution in [0.25, 0.3) is 11.1 Å². The van der Waals surface area contributed by atoms with Gasteiger partial charge in [0, 0.05) is 12.0 Å². The molecule has 1 aliphatic rings. The van der Waals surface area contributed by atoms with Crippen LogP contribution < -0.4 is 4.74 Å². The Morgan fingerprint density at radius 2 is 1.82 bits per heavy atom. The number of aromatic carboxylic acids is 1. The molecule has 0 aromatic heterocycles. The molecule has 3 aromatic carbocycles. The van der Waals surface area contributed by atoms with E-state index in [1.165, 1.54) is 16.7 Å². The van der Waals surface area contributed by atoms with Gasteiger partial charge in [-0.15, -0.1) is 0 Å². The number of carbonyl (C=O) groups is 1. The van der Waals surface area contributed by atoms with Gasteiger partial charge in [-0.2, -0.15) is 0 Å². The number of carboxylic acid groups (broad SMARTS) is 1. The van der Waals surface area contributed by atoms with Gasteiger partial charge in [0.2, 0.25) is 0 Å². The molecule has 1 atom stereocenters. The van der Waals surface area contributed by atoms with Crippen molar-refractivity contribution < 1.29 is 14.6 Å². The van der Waals surface area contributed by atoms with Gasteiger partial charge < -0.3 is 9.84 Å². The van der Waals surface area contributed by atoms with Crippen molar-refractivity contribution in [3.63, 3.8) is 0 Å². The summed E-state index contributed by atoms with van der Waals surface area (Å²) in [5, 5.41) is 9.14. The minimum absolute atomic E-state index is 0.266. The van der Waals surface area contributed by atoms with Crippen LogP contribution in [-0.2, 0) is 12.8 Å². The minimum Gasteiger partial charge on any atom is -0.486 e. The van der Waals surface area contributed by atoms with Gasteiger partial charge in [-0.3, -0.25) is 0 Å². The fourth-order valence-corrected chi connectivity index (χ4v) is 4.00. The van der Waals surface area contributed by atoms with E-state index in [0.29, 0.717) is 5.56 Å². The van der Waals surface area contributed by atoms with E-state index >= 15 is 0 Å². The number of rotatable bonds is 4. The molecule has 0 spiro atoms. The lowest BCUT2D eigenvalue weighted by Gasteiger charge is -2.37. The fourth-order valence-electron chi connectivity index (χ4n) is 4.00. The maximum Gasteiger partial charge on any atom is 0.335 e. The molecule has 0 saturated carbocycles. The number of fused-ring (bicyclic) bond motifs is 1. The van der Waals surface area contributed by atoms with Gasteiger partial charge in [-0.25, -0.2) is 4.79 Å². The number of aryl methyl sites for hydroxylation is 2. The maximum atomic E-state index is 11.1. The molecule has 0 amide bonds. The molecule has 28 heavy (non-hydrogen) atoms. The summed E-state index contributed by atoms with van der Waals surface area (Å²) in [6, 6.07) is 21.8. The zero-order chi connectivity index (χ0) is 19.7. The summed E-state index contributed by atoms with van der Waals surface area (Å²) in [4.78, 5) is 11.1. The van der Waals surface area contributed by atoms with E-state index in [9.17, 15) is 4.79 Å². The molecular formula is C25H24O3. The summed E-state index contributed by atoms with van der Waals surface area (Å²) >= 11 is 0. The standard InChI is InChI=1S/C25H24O3/c1-17-5-3-6-18(15-17)16-25(2)14-13-20-7-4-8-22(23(20)28-25)19-9-11-21(12-10-19)24(26)27/h3-12,15H,13-14,16H2,1-2H3,(H,26,27)/t25-/m0/s1. The molecule has 0 saturated heterocycles. The van der Waals surface area contributed by atoms with Crippen LogP contribution in [0, 0.1) is 6.92 Å². The first-order valence-electron chi connectivity index (χ1n) is 9.64. The van der Waals surface area contributed by atoms with Crippen molar-refractivity contribution in [2.24, 2.45) is 0 Å². The van der Waals surface area contributed by atoms with E-state index in [2.05, 4.69) is 44.2 Å². The van der Waals surface area contributed by atoms with Crippen LogP contribution in [0.2, 0.25) is 0 Å². The van der Waals surface area contributed by atoms with E-state index in [1.54, 1.807) is 12.1 Å². The lowest BCUT2D eigenvalue weighted by molar-refractivity contribution is 0.0661. The average Bonchev–Trinajstić information content (AvgIpc) is 2.67. The Morgan fingerprint density at radius 1 is 1.07 bits per heavy atom. The largest absolute Gasteiger partial charge is 0.486 e. The average molecular weight is 372 g/mol. The van der Waals surface area contributed by atoms with Gasteiger partial charge >= 0.3 is 5.97 Å². The maximum absolute atomic E-state index is 11.1. The molecule has 3 aromatic rings. The van der Waals surface area contributed by atoms with Gasteiger partial charge in [-0.1, -0.05) is 60.2 Å². The second kappa shape index (κ2) is 7.16. The van der Waals surface area contributed by atoms with Gasteiger partial charge in [0.1, 0.15) is 11.4 Å². The Bertz CT molecular complexity index is 1020. The molecule has 0 unspecified atom stereocenters. The Labute approximate surface area is 165 Å². The summed E-state index contributed by atoms with van der Waals surface area (Å²) in [6.07, 6.45) is 2.80. The lowest BCUT2D eigenvalue weighted by atomic mass is 9.85. The van der Waals surface area contributed by atoms with Crippen LogP contribution in [-0.4, -0.2) is 16.7 Å². The third-order valence-electron chi connectivity index (χ3n) is 5.47. The first-order valence-corrected chi connectivity index (χ1v) is 9.64. The highest BCUT2D eigenvalue weighted by Gasteiger charge is 2.33. The smallest absolute Gasteiger partial charge is 0.335 e.